The number of thiophene rings is 1. The lowest BCUT2D eigenvalue weighted by Crippen LogP contribution is -2.35. The SMILES string of the molecule is O=C(O)[C@@]12CCC[C@H]1CN(c1ncnc3sccc13)C2. The first-order chi connectivity index (χ1) is 9.71. The van der Waals surface area contributed by atoms with E-state index in [1.165, 1.54) is 0 Å². The van der Waals surface area contributed by atoms with Gasteiger partial charge in [-0.3, -0.25) is 4.79 Å². The normalized spacial score (nSPS) is 29.0. The fraction of sp³-hybridized carbons (Fsp3) is 0.500. The zero-order valence-electron chi connectivity index (χ0n) is 11.0. The van der Waals surface area contributed by atoms with Crippen molar-refractivity contribution >= 4 is 33.3 Å². The number of carbonyl (C=O) groups is 1. The van der Waals surface area contributed by atoms with Crippen LogP contribution in [0, 0.1) is 11.3 Å². The first-order valence-electron chi connectivity index (χ1n) is 6.87. The molecule has 2 aromatic heterocycles. The first-order valence-corrected chi connectivity index (χ1v) is 7.75. The standard InChI is InChI=1S/C14H15N3O2S/c18-13(19)14-4-1-2-9(14)6-17(7-14)11-10-3-5-20-12(10)16-8-15-11/h3,5,8-9H,1-2,4,6-7H2,(H,18,19)/t9-,14+/m0/s1. The number of carboxylic acid groups (broad SMARTS) is 1. The maximum absolute atomic E-state index is 11.7. The maximum Gasteiger partial charge on any atom is 0.311 e. The van der Waals surface area contributed by atoms with E-state index >= 15 is 0 Å². The van der Waals surface area contributed by atoms with Crippen molar-refractivity contribution in [2.24, 2.45) is 11.3 Å². The van der Waals surface area contributed by atoms with E-state index < -0.39 is 11.4 Å². The van der Waals surface area contributed by atoms with Crippen molar-refractivity contribution in [3.8, 4) is 0 Å². The van der Waals surface area contributed by atoms with Crippen LogP contribution >= 0.6 is 11.3 Å². The van der Waals surface area contributed by atoms with E-state index in [-0.39, 0.29) is 5.92 Å². The van der Waals surface area contributed by atoms with E-state index in [1.54, 1.807) is 17.7 Å². The molecule has 2 atom stereocenters. The summed E-state index contributed by atoms with van der Waals surface area (Å²) in [6.07, 6.45) is 4.42. The quantitative estimate of drug-likeness (QED) is 0.919. The molecule has 4 rings (SSSR count). The highest BCUT2D eigenvalue weighted by atomic mass is 32.1. The fourth-order valence-corrected chi connectivity index (χ4v) is 4.56. The molecule has 1 saturated carbocycles. The first kappa shape index (κ1) is 12.1. The van der Waals surface area contributed by atoms with Crippen molar-refractivity contribution in [2.45, 2.75) is 19.3 Å². The highest BCUT2D eigenvalue weighted by Crippen LogP contribution is 2.50. The molecule has 1 aliphatic heterocycles. The zero-order valence-corrected chi connectivity index (χ0v) is 11.8. The van der Waals surface area contributed by atoms with Gasteiger partial charge in [0.2, 0.25) is 0 Å². The Hall–Kier alpha value is -1.69. The lowest BCUT2D eigenvalue weighted by atomic mass is 9.81. The average molecular weight is 289 g/mol. The lowest BCUT2D eigenvalue weighted by molar-refractivity contribution is -0.149. The van der Waals surface area contributed by atoms with Gasteiger partial charge in [0.1, 0.15) is 17.0 Å². The van der Waals surface area contributed by atoms with Gasteiger partial charge in [-0.25, -0.2) is 9.97 Å². The second-order valence-corrected chi connectivity index (χ2v) is 6.66. The number of aromatic nitrogens is 2. The van der Waals surface area contributed by atoms with E-state index in [9.17, 15) is 9.90 Å². The predicted molar refractivity (Wildman–Crippen MR) is 77.0 cm³/mol. The number of fused-ring (bicyclic) bond motifs is 2. The Balaban J connectivity index is 1.75. The van der Waals surface area contributed by atoms with E-state index in [1.807, 2.05) is 11.4 Å². The van der Waals surface area contributed by atoms with E-state index in [0.29, 0.717) is 6.54 Å². The Labute approximate surface area is 120 Å². The van der Waals surface area contributed by atoms with Crippen LogP contribution in [0.5, 0.6) is 0 Å². The smallest absolute Gasteiger partial charge is 0.311 e. The van der Waals surface area contributed by atoms with Gasteiger partial charge in [0.25, 0.3) is 0 Å². The van der Waals surface area contributed by atoms with Gasteiger partial charge in [0, 0.05) is 13.1 Å². The third-order valence-electron chi connectivity index (χ3n) is 4.84. The summed E-state index contributed by atoms with van der Waals surface area (Å²) in [6, 6.07) is 2.02. The van der Waals surface area contributed by atoms with E-state index in [4.69, 9.17) is 0 Å². The predicted octanol–water partition coefficient (Wildman–Crippen LogP) is 2.38. The molecule has 3 heterocycles. The molecule has 2 aliphatic rings. The van der Waals surface area contributed by atoms with Gasteiger partial charge >= 0.3 is 5.97 Å². The molecule has 0 amide bonds. The molecule has 0 unspecified atom stereocenters. The van der Waals surface area contributed by atoms with Gasteiger partial charge in [0.05, 0.1) is 10.8 Å². The van der Waals surface area contributed by atoms with Crippen LogP contribution in [0.3, 0.4) is 0 Å². The molecule has 1 N–H and O–H groups in total. The van der Waals surface area contributed by atoms with Crippen LogP contribution in [0.1, 0.15) is 19.3 Å². The van der Waals surface area contributed by atoms with Gasteiger partial charge in [-0.1, -0.05) is 6.42 Å². The molecule has 0 spiro atoms. The zero-order chi connectivity index (χ0) is 13.7. The molecule has 5 nitrogen and oxygen atoms in total. The van der Waals surface area contributed by atoms with Crippen molar-refractivity contribution < 1.29 is 9.90 Å². The highest BCUT2D eigenvalue weighted by Gasteiger charge is 2.55. The van der Waals surface area contributed by atoms with Crippen LogP contribution < -0.4 is 4.90 Å². The average Bonchev–Trinajstić information content (AvgIpc) is 3.11. The maximum atomic E-state index is 11.7. The van der Waals surface area contributed by atoms with Crippen molar-refractivity contribution in [1.29, 1.82) is 0 Å². The van der Waals surface area contributed by atoms with E-state index in [0.717, 1.165) is 41.8 Å². The van der Waals surface area contributed by atoms with Crippen molar-refractivity contribution in [1.82, 2.24) is 9.97 Å². The van der Waals surface area contributed by atoms with Crippen LogP contribution in [0.15, 0.2) is 17.8 Å². The van der Waals surface area contributed by atoms with Crippen molar-refractivity contribution in [3.05, 3.63) is 17.8 Å². The minimum atomic E-state index is -0.641. The number of anilines is 1. The minimum absolute atomic E-state index is 0.253. The monoisotopic (exact) mass is 289 g/mol. The van der Waals surface area contributed by atoms with Crippen LogP contribution in [0.4, 0.5) is 5.82 Å². The fourth-order valence-electron chi connectivity index (χ4n) is 3.83. The molecule has 1 saturated heterocycles. The minimum Gasteiger partial charge on any atom is -0.481 e. The molecule has 0 aromatic carbocycles. The molecule has 20 heavy (non-hydrogen) atoms. The Bertz CT molecular complexity index is 686. The van der Waals surface area contributed by atoms with Crippen LogP contribution in [0.2, 0.25) is 0 Å². The molecule has 0 bridgehead atoms. The number of aliphatic carboxylic acids is 1. The van der Waals surface area contributed by atoms with Crippen LogP contribution in [-0.2, 0) is 4.79 Å². The van der Waals surface area contributed by atoms with E-state index in [2.05, 4.69) is 14.9 Å². The number of hydrogen-bond acceptors (Lipinski definition) is 5. The number of hydrogen-bond donors (Lipinski definition) is 1. The van der Waals surface area contributed by atoms with Crippen molar-refractivity contribution in [3.63, 3.8) is 0 Å². The number of carboxylic acids is 1. The summed E-state index contributed by atoms with van der Waals surface area (Å²) in [4.78, 5) is 23.5. The molecule has 0 radical (unpaired) electrons. The number of nitrogens with zero attached hydrogens (tertiary/aromatic N) is 3. The summed E-state index contributed by atoms with van der Waals surface area (Å²) < 4.78 is 0. The van der Waals surface area contributed by atoms with Gasteiger partial charge in [-0.05, 0) is 30.2 Å². The molecule has 2 aromatic rings. The Morgan fingerprint density at radius 2 is 2.40 bits per heavy atom. The second-order valence-electron chi connectivity index (χ2n) is 5.77. The largest absolute Gasteiger partial charge is 0.481 e. The van der Waals surface area contributed by atoms with Crippen molar-refractivity contribution in [2.75, 3.05) is 18.0 Å². The lowest BCUT2D eigenvalue weighted by Gasteiger charge is -2.23. The highest BCUT2D eigenvalue weighted by molar-refractivity contribution is 7.16. The molecule has 2 fully saturated rings. The van der Waals surface area contributed by atoms with Gasteiger partial charge in [-0.2, -0.15) is 0 Å². The molecular weight excluding hydrogens is 274 g/mol. The summed E-state index contributed by atoms with van der Waals surface area (Å²) in [5.74, 6) is 0.507. The van der Waals surface area contributed by atoms with Gasteiger partial charge in [0.15, 0.2) is 0 Å². The molecule has 1 aliphatic carbocycles. The molecular formula is C14H15N3O2S. The second kappa shape index (κ2) is 4.15. The Morgan fingerprint density at radius 1 is 1.50 bits per heavy atom. The number of rotatable bonds is 2. The summed E-state index contributed by atoms with van der Waals surface area (Å²) >= 11 is 1.59. The Kier molecular flexibility index (Phi) is 2.51. The summed E-state index contributed by atoms with van der Waals surface area (Å²) in [5.41, 5.74) is -0.562. The Morgan fingerprint density at radius 3 is 3.20 bits per heavy atom. The summed E-state index contributed by atoms with van der Waals surface area (Å²) in [7, 11) is 0. The van der Waals surface area contributed by atoms with Crippen LogP contribution in [-0.4, -0.2) is 34.1 Å². The third-order valence-corrected chi connectivity index (χ3v) is 5.66. The van der Waals surface area contributed by atoms with Gasteiger partial charge < -0.3 is 10.0 Å². The topological polar surface area (TPSA) is 66.3 Å². The summed E-state index contributed by atoms with van der Waals surface area (Å²) in [5, 5.41) is 12.7. The van der Waals surface area contributed by atoms with Gasteiger partial charge in [-0.15, -0.1) is 11.3 Å². The molecule has 104 valence electrons. The third kappa shape index (κ3) is 1.51. The molecule has 6 heteroatoms. The van der Waals surface area contributed by atoms with Crippen LogP contribution in [0.25, 0.3) is 10.2 Å². The summed E-state index contributed by atoms with van der Waals surface area (Å²) in [6.45, 7) is 1.38.